The lowest BCUT2D eigenvalue weighted by molar-refractivity contribution is -0.385. The molecule has 0 aromatic heterocycles. The zero-order chi connectivity index (χ0) is 14.4. The number of nitrogens with one attached hydrogen (secondary N) is 1. The molecule has 0 aliphatic rings. The summed E-state index contributed by atoms with van der Waals surface area (Å²) in [6.45, 7) is 0. The first-order valence-electron chi connectivity index (χ1n) is 4.78. The third-order valence-corrected chi connectivity index (χ3v) is 2.05. The molecule has 0 heterocycles. The van der Waals surface area contributed by atoms with E-state index in [0.717, 1.165) is 18.3 Å². The Labute approximate surface area is 107 Å². The molecule has 94 valence electrons. The number of rotatable bonds is 4. The summed E-state index contributed by atoms with van der Waals surface area (Å²) in [6.07, 6.45) is 1.07. The fraction of sp³-hybridized carbons (Fsp3) is 0. The zero-order valence-electron chi connectivity index (χ0n) is 9.32. The number of nitriles is 2. The number of nitro groups is 1. The van der Waals surface area contributed by atoms with Gasteiger partial charge in [0.15, 0.2) is 0 Å². The number of hydrogen-bond donors (Lipinski definition) is 2. The first-order valence-corrected chi connectivity index (χ1v) is 4.78. The van der Waals surface area contributed by atoms with Crippen molar-refractivity contribution >= 4 is 17.3 Å². The van der Waals surface area contributed by atoms with E-state index in [1.807, 2.05) is 0 Å². The molecule has 0 unspecified atom stereocenters. The quantitative estimate of drug-likeness (QED) is 0.475. The second-order valence-electron chi connectivity index (χ2n) is 3.22. The number of benzene rings is 1. The summed E-state index contributed by atoms with van der Waals surface area (Å²) in [5, 5.41) is 39.0. The van der Waals surface area contributed by atoms with E-state index in [1.54, 1.807) is 12.1 Å². The van der Waals surface area contributed by atoms with Gasteiger partial charge in [-0.2, -0.15) is 10.5 Å². The van der Waals surface area contributed by atoms with Crippen LogP contribution in [0.5, 0.6) is 0 Å². The van der Waals surface area contributed by atoms with Gasteiger partial charge >= 0.3 is 5.97 Å². The Kier molecular flexibility index (Phi) is 4.17. The van der Waals surface area contributed by atoms with Crippen molar-refractivity contribution in [3.8, 4) is 12.1 Å². The summed E-state index contributed by atoms with van der Waals surface area (Å²) in [4.78, 5) is 20.7. The van der Waals surface area contributed by atoms with E-state index in [0.29, 0.717) is 0 Å². The molecule has 0 spiro atoms. The molecular weight excluding hydrogens is 252 g/mol. The summed E-state index contributed by atoms with van der Waals surface area (Å²) in [5.41, 5.74) is -1.05. The third kappa shape index (κ3) is 3.28. The van der Waals surface area contributed by atoms with Crippen LogP contribution in [0, 0.1) is 32.8 Å². The van der Waals surface area contributed by atoms with Gasteiger partial charge < -0.3 is 10.4 Å². The molecule has 8 heteroatoms. The number of anilines is 1. The molecule has 19 heavy (non-hydrogen) atoms. The molecule has 0 fully saturated rings. The number of nitro benzene ring substituents is 1. The lowest BCUT2D eigenvalue weighted by atomic mass is 10.1. The summed E-state index contributed by atoms with van der Waals surface area (Å²) in [5.74, 6) is -1.41. The predicted octanol–water partition coefficient (Wildman–Crippen LogP) is 1.64. The molecular formula is C11H6N4O4. The lowest BCUT2D eigenvalue weighted by Crippen LogP contribution is -2.03. The second kappa shape index (κ2) is 5.80. The monoisotopic (exact) mass is 258 g/mol. The van der Waals surface area contributed by atoms with Crippen LogP contribution in [-0.2, 0) is 0 Å². The standard InChI is InChI=1S/C11H6N4O4/c12-4-7(5-13)6-14-8-1-2-9(11(16)17)10(3-8)15(18)19/h1-3,6,14H,(H,16,17). The molecule has 2 N–H and O–H groups in total. The van der Waals surface area contributed by atoms with Crippen molar-refractivity contribution in [1.82, 2.24) is 0 Å². The van der Waals surface area contributed by atoms with Crippen LogP contribution in [0.3, 0.4) is 0 Å². The van der Waals surface area contributed by atoms with Crippen molar-refractivity contribution in [2.45, 2.75) is 0 Å². The first-order chi connectivity index (χ1) is 8.99. The minimum absolute atomic E-state index is 0.194. The Bertz CT molecular complexity index is 636. The van der Waals surface area contributed by atoms with Gasteiger partial charge in [0.05, 0.1) is 4.92 Å². The molecule has 0 radical (unpaired) electrons. The van der Waals surface area contributed by atoms with Gasteiger partial charge in [0, 0.05) is 18.0 Å². The summed E-state index contributed by atoms with van der Waals surface area (Å²) in [6, 6.07) is 6.56. The average Bonchev–Trinajstić information content (AvgIpc) is 2.39. The van der Waals surface area contributed by atoms with Gasteiger partial charge in [-0.25, -0.2) is 4.79 Å². The van der Waals surface area contributed by atoms with Gasteiger partial charge in [-0.1, -0.05) is 0 Å². The molecule has 0 saturated heterocycles. The van der Waals surface area contributed by atoms with E-state index in [1.165, 1.54) is 6.07 Å². The van der Waals surface area contributed by atoms with E-state index >= 15 is 0 Å². The molecule has 0 aliphatic carbocycles. The molecule has 1 aromatic rings. The number of aromatic carboxylic acids is 1. The summed E-state index contributed by atoms with van der Waals surface area (Å²) in [7, 11) is 0. The topological polar surface area (TPSA) is 140 Å². The van der Waals surface area contributed by atoms with Crippen LogP contribution >= 0.6 is 0 Å². The molecule has 8 nitrogen and oxygen atoms in total. The van der Waals surface area contributed by atoms with Gasteiger partial charge in [0.1, 0.15) is 23.3 Å². The number of nitrogens with zero attached hydrogens (tertiary/aromatic N) is 3. The summed E-state index contributed by atoms with van der Waals surface area (Å²) < 4.78 is 0. The van der Waals surface area contributed by atoms with E-state index in [4.69, 9.17) is 15.6 Å². The minimum Gasteiger partial charge on any atom is -0.477 e. The number of carboxylic acids is 1. The van der Waals surface area contributed by atoms with Crippen LogP contribution in [0.15, 0.2) is 30.0 Å². The minimum atomic E-state index is -1.41. The maximum absolute atomic E-state index is 10.8. The van der Waals surface area contributed by atoms with E-state index < -0.39 is 22.1 Å². The Morgan fingerprint density at radius 3 is 2.53 bits per heavy atom. The van der Waals surface area contributed by atoms with Crippen LogP contribution in [0.4, 0.5) is 11.4 Å². The highest BCUT2D eigenvalue weighted by Crippen LogP contribution is 2.23. The maximum Gasteiger partial charge on any atom is 0.342 e. The molecule has 1 aromatic carbocycles. The Morgan fingerprint density at radius 2 is 2.05 bits per heavy atom. The van der Waals surface area contributed by atoms with Crippen LogP contribution in [-0.4, -0.2) is 16.0 Å². The van der Waals surface area contributed by atoms with Gasteiger partial charge in [-0.05, 0) is 12.1 Å². The number of hydrogen-bond acceptors (Lipinski definition) is 6. The van der Waals surface area contributed by atoms with Crippen molar-refractivity contribution in [1.29, 1.82) is 10.5 Å². The SMILES string of the molecule is N#CC(C#N)=CNc1ccc(C(=O)O)c([N+](=O)[O-])c1. The maximum atomic E-state index is 10.8. The summed E-state index contributed by atoms with van der Waals surface area (Å²) >= 11 is 0. The van der Waals surface area contributed by atoms with Crippen molar-refractivity contribution in [3.05, 3.63) is 45.6 Å². The van der Waals surface area contributed by atoms with Gasteiger partial charge in [0.25, 0.3) is 5.69 Å². The second-order valence-corrected chi connectivity index (χ2v) is 3.22. The normalized spacial score (nSPS) is 8.74. The van der Waals surface area contributed by atoms with Crippen LogP contribution in [0.25, 0.3) is 0 Å². The molecule has 0 saturated carbocycles. The van der Waals surface area contributed by atoms with Gasteiger partial charge in [-0.15, -0.1) is 0 Å². The Balaban J connectivity index is 3.15. The molecule has 0 aliphatic heterocycles. The Hall–Kier alpha value is -3.39. The van der Waals surface area contributed by atoms with Crippen LogP contribution < -0.4 is 5.32 Å². The van der Waals surface area contributed by atoms with Crippen LogP contribution in [0.1, 0.15) is 10.4 Å². The highest BCUT2D eigenvalue weighted by atomic mass is 16.6. The fourth-order valence-electron chi connectivity index (χ4n) is 1.20. The fourth-order valence-corrected chi connectivity index (χ4v) is 1.20. The highest BCUT2D eigenvalue weighted by molar-refractivity contribution is 5.93. The molecule has 0 amide bonds. The molecule has 1 rings (SSSR count). The first kappa shape index (κ1) is 13.7. The largest absolute Gasteiger partial charge is 0.477 e. The number of allylic oxidation sites excluding steroid dienone is 1. The van der Waals surface area contributed by atoms with Crippen LogP contribution in [0.2, 0.25) is 0 Å². The van der Waals surface area contributed by atoms with Crippen molar-refractivity contribution in [3.63, 3.8) is 0 Å². The number of carboxylic acid groups (broad SMARTS) is 1. The molecule has 0 bridgehead atoms. The van der Waals surface area contributed by atoms with Crippen molar-refractivity contribution in [2.75, 3.05) is 5.32 Å². The van der Waals surface area contributed by atoms with E-state index in [9.17, 15) is 14.9 Å². The lowest BCUT2D eigenvalue weighted by Gasteiger charge is -2.02. The van der Waals surface area contributed by atoms with E-state index in [2.05, 4.69) is 5.32 Å². The smallest absolute Gasteiger partial charge is 0.342 e. The predicted molar refractivity (Wildman–Crippen MR) is 63.0 cm³/mol. The third-order valence-electron chi connectivity index (χ3n) is 2.05. The number of carbonyl (C=O) groups is 1. The average molecular weight is 258 g/mol. The zero-order valence-corrected chi connectivity index (χ0v) is 9.32. The van der Waals surface area contributed by atoms with E-state index in [-0.39, 0.29) is 11.3 Å². The van der Waals surface area contributed by atoms with Gasteiger partial charge in [0.2, 0.25) is 0 Å². The Morgan fingerprint density at radius 1 is 1.42 bits per heavy atom. The highest BCUT2D eigenvalue weighted by Gasteiger charge is 2.19. The van der Waals surface area contributed by atoms with Crippen molar-refractivity contribution < 1.29 is 14.8 Å². The molecule has 0 atom stereocenters. The van der Waals surface area contributed by atoms with Gasteiger partial charge in [-0.3, -0.25) is 10.1 Å². The van der Waals surface area contributed by atoms with Crippen molar-refractivity contribution in [2.24, 2.45) is 0 Å².